The highest BCUT2D eigenvalue weighted by molar-refractivity contribution is 7.99. The highest BCUT2D eigenvalue weighted by Gasteiger charge is 2.38. The third-order valence-electron chi connectivity index (χ3n) is 7.60. The second-order valence-electron chi connectivity index (χ2n) is 9.51. The van der Waals surface area contributed by atoms with Crippen LogP contribution >= 0.6 is 23.5 Å². The molecule has 6 rings (SSSR count). The third-order valence-corrected chi connectivity index (χ3v) is 9.85. The molecular formula is C26H34N2S2+2. The molecule has 0 unspecified atom stereocenters. The number of rotatable bonds is 1. The van der Waals surface area contributed by atoms with Crippen LogP contribution in [0.1, 0.15) is 73.6 Å². The zero-order valence-corrected chi connectivity index (χ0v) is 19.8. The summed E-state index contributed by atoms with van der Waals surface area (Å²) in [6.07, 6.45) is 16.3. The van der Waals surface area contributed by atoms with Crippen LogP contribution < -0.4 is 9.13 Å². The van der Waals surface area contributed by atoms with Crippen molar-refractivity contribution in [3.05, 3.63) is 34.4 Å². The molecule has 0 saturated carbocycles. The van der Waals surface area contributed by atoms with E-state index in [4.69, 9.17) is 0 Å². The first-order chi connectivity index (χ1) is 14.9. The molecule has 2 aromatic heterocycles. The molecule has 2 aliphatic heterocycles. The van der Waals surface area contributed by atoms with Gasteiger partial charge in [0.25, 0.3) is 11.4 Å². The largest absolute Gasteiger partial charge is 0.278 e. The average Bonchev–Trinajstić information content (AvgIpc) is 3.38. The maximum atomic E-state index is 2.70. The van der Waals surface area contributed by atoms with E-state index in [9.17, 15) is 0 Å². The number of hydrogen-bond donors (Lipinski definition) is 0. The zero-order valence-electron chi connectivity index (χ0n) is 18.2. The number of aryl methyl sites for hydroxylation is 2. The Bertz CT molecular complexity index is 902. The van der Waals surface area contributed by atoms with Crippen molar-refractivity contribution in [2.75, 3.05) is 11.5 Å². The van der Waals surface area contributed by atoms with Crippen molar-refractivity contribution in [2.45, 2.75) is 100 Å². The van der Waals surface area contributed by atoms with E-state index in [1.807, 2.05) is 0 Å². The number of fused-ring (bicyclic) bond motifs is 6. The molecule has 0 spiro atoms. The standard InChI is InChI=1S/C26H34N2S2/c1-3-7-11-21-19(9-5-1)17-23(27-13-15-29-25(21)27)24-18-20-10-6-2-4-8-12-22(20)26-28(24)14-16-30-26/h17-18H,1-16H2/q+2. The molecule has 0 atom stereocenters. The van der Waals surface area contributed by atoms with Crippen LogP contribution in [0.5, 0.6) is 0 Å². The van der Waals surface area contributed by atoms with Crippen molar-refractivity contribution in [3.8, 4) is 11.4 Å². The van der Waals surface area contributed by atoms with Gasteiger partial charge in [-0.1, -0.05) is 49.2 Å². The molecule has 0 amide bonds. The normalized spacial score (nSPS) is 20.9. The lowest BCUT2D eigenvalue weighted by atomic mass is 9.92. The monoisotopic (exact) mass is 438 g/mol. The number of thioether (sulfide) groups is 2. The Morgan fingerprint density at radius 1 is 0.533 bits per heavy atom. The summed E-state index contributed by atoms with van der Waals surface area (Å²) < 4.78 is 5.40. The van der Waals surface area contributed by atoms with E-state index in [2.05, 4.69) is 44.8 Å². The van der Waals surface area contributed by atoms with E-state index in [0.29, 0.717) is 0 Å². The fourth-order valence-electron chi connectivity index (χ4n) is 6.07. The highest BCUT2D eigenvalue weighted by Crippen LogP contribution is 2.37. The summed E-state index contributed by atoms with van der Waals surface area (Å²) in [6, 6.07) is 5.24. The second kappa shape index (κ2) is 8.50. The molecule has 0 fully saturated rings. The van der Waals surface area contributed by atoms with Gasteiger partial charge >= 0.3 is 0 Å². The fourth-order valence-corrected chi connectivity index (χ4v) is 8.51. The summed E-state index contributed by atoms with van der Waals surface area (Å²) in [5.74, 6) is 2.49. The van der Waals surface area contributed by atoms with Crippen molar-refractivity contribution in [3.63, 3.8) is 0 Å². The minimum Gasteiger partial charge on any atom is -0.180 e. The first-order valence-electron chi connectivity index (χ1n) is 12.3. The topological polar surface area (TPSA) is 7.76 Å². The lowest BCUT2D eigenvalue weighted by Crippen LogP contribution is -2.44. The summed E-state index contributed by atoms with van der Waals surface area (Å²) in [7, 11) is 0. The molecule has 4 aliphatic rings. The molecule has 2 aliphatic carbocycles. The zero-order chi connectivity index (χ0) is 19.9. The smallest absolute Gasteiger partial charge is 0.180 e. The molecule has 0 radical (unpaired) electrons. The van der Waals surface area contributed by atoms with Crippen molar-refractivity contribution in [2.24, 2.45) is 0 Å². The van der Waals surface area contributed by atoms with Crippen molar-refractivity contribution >= 4 is 23.5 Å². The van der Waals surface area contributed by atoms with Gasteiger partial charge in [-0.05, 0) is 62.5 Å². The molecule has 4 heterocycles. The first kappa shape index (κ1) is 19.7. The molecule has 0 bridgehead atoms. The van der Waals surface area contributed by atoms with E-state index in [1.165, 1.54) is 113 Å². The van der Waals surface area contributed by atoms with Gasteiger partial charge in [0.1, 0.15) is 0 Å². The molecule has 0 N–H and O–H groups in total. The predicted octanol–water partition coefficient (Wildman–Crippen LogP) is 5.46. The van der Waals surface area contributed by atoms with Gasteiger partial charge in [-0.2, -0.15) is 9.13 Å². The van der Waals surface area contributed by atoms with Gasteiger partial charge in [-0.3, -0.25) is 0 Å². The van der Waals surface area contributed by atoms with Crippen LogP contribution in [0.15, 0.2) is 22.2 Å². The highest BCUT2D eigenvalue weighted by atomic mass is 32.2. The molecule has 2 aromatic rings. The summed E-state index contributed by atoms with van der Waals surface area (Å²) >= 11 is 4.25. The van der Waals surface area contributed by atoms with E-state index in [1.54, 1.807) is 32.3 Å². The van der Waals surface area contributed by atoms with Crippen molar-refractivity contribution < 1.29 is 9.13 Å². The number of pyridine rings is 2. The summed E-state index contributed by atoms with van der Waals surface area (Å²) in [6.45, 7) is 2.37. The van der Waals surface area contributed by atoms with Crippen LogP contribution in [0.2, 0.25) is 0 Å². The number of nitrogens with zero attached hydrogens (tertiary/aromatic N) is 2. The maximum Gasteiger partial charge on any atom is 0.278 e. The average molecular weight is 439 g/mol. The quantitative estimate of drug-likeness (QED) is 0.546. The molecular weight excluding hydrogens is 404 g/mol. The van der Waals surface area contributed by atoms with Crippen molar-refractivity contribution in [1.82, 2.24) is 0 Å². The van der Waals surface area contributed by atoms with Crippen molar-refractivity contribution in [1.29, 1.82) is 0 Å². The summed E-state index contributed by atoms with van der Waals surface area (Å²) in [5.41, 5.74) is 9.76. The summed E-state index contributed by atoms with van der Waals surface area (Å²) in [4.78, 5) is 0. The van der Waals surface area contributed by atoms with Gasteiger partial charge in [0, 0.05) is 23.3 Å². The van der Waals surface area contributed by atoms with E-state index in [0.717, 1.165) is 0 Å². The Hall–Kier alpha value is -1.000. The Kier molecular flexibility index (Phi) is 5.57. The minimum atomic E-state index is 1.18. The Morgan fingerprint density at radius 2 is 0.967 bits per heavy atom. The van der Waals surface area contributed by atoms with Crippen LogP contribution in [-0.2, 0) is 38.8 Å². The molecule has 2 nitrogen and oxygen atoms in total. The fraction of sp³-hybridized carbons (Fsp3) is 0.615. The van der Waals surface area contributed by atoms with Crippen LogP contribution in [0.3, 0.4) is 0 Å². The Balaban J connectivity index is 1.54. The van der Waals surface area contributed by atoms with Gasteiger partial charge in [0.05, 0.1) is 11.5 Å². The van der Waals surface area contributed by atoms with Gasteiger partial charge in [-0.25, -0.2) is 0 Å². The van der Waals surface area contributed by atoms with E-state index >= 15 is 0 Å². The maximum absolute atomic E-state index is 2.70. The molecule has 30 heavy (non-hydrogen) atoms. The van der Waals surface area contributed by atoms with E-state index in [-0.39, 0.29) is 0 Å². The van der Waals surface area contributed by atoms with Crippen LogP contribution in [0, 0.1) is 0 Å². The first-order valence-corrected chi connectivity index (χ1v) is 14.3. The number of hydrogen-bond acceptors (Lipinski definition) is 2. The minimum absolute atomic E-state index is 1.18. The Labute approximate surface area is 189 Å². The third kappa shape index (κ3) is 3.43. The van der Waals surface area contributed by atoms with Gasteiger partial charge in [0.2, 0.25) is 10.1 Å². The van der Waals surface area contributed by atoms with Crippen LogP contribution in [0.4, 0.5) is 0 Å². The van der Waals surface area contributed by atoms with Crippen LogP contribution in [-0.4, -0.2) is 11.5 Å². The van der Waals surface area contributed by atoms with Crippen LogP contribution in [0.25, 0.3) is 11.4 Å². The van der Waals surface area contributed by atoms with Gasteiger partial charge in [-0.15, -0.1) is 0 Å². The van der Waals surface area contributed by atoms with Gasteiger partial charge in [0.15, 0.2) is 13.1 Å². The molecule has 0 aromatic carbocycles. The molecule has 4 heteroatoms. The van der Waals surface area contributed by atoms with E-state index < -0.39 is 0 Å². The SMILES string of the molecule is c1c2c(c3[n+](c1-c1cc4c(c5[n+]1CCS5)CCCCCC4)CCS3)CCCCCC2. The molecule has 158 valence electrons. The Morgan fingerprint density at radius 3 is 1.43 bits per heavy atom. The number of aromatic nitrogens is 2. The summed E-state index contributed by atoms with van der Waals surface area (Å²) in [5, 5.41) is 3.22. The lowest BCUT2D eigenvalue weighted by Gasteiger charge is -2.17. The molecule has 0 saturated heterocycles. The van der Waals surface area contributed by atoms with Gasteiger partial charge < -0.3 is 0 Å². The lowest BCUT2D eigenvalue weighted by molar-refractivity contribution is -0.741. The predicted molar refractivity (Wildman–Crippen MR) is 125 cm³/mol. The second-order valence-corrected chi connectivity index (χ2v) is 11.7.